The van der Waals surface area contributed by atoms with E-state index in [0.717, 1.165) is 24.2 Å². The van der Waals surface area contributed by atoms with Crippen LogP contribution in [-0.4, -0.2) is 36.0 Å². The molecule has 2 aromatic rings. The van der Waals surface area contributed by atoms with Gasteiger partial charge in [0.25, 0.3) is 11.5 Å². The number of ether oxygens (including phenoxy) is 1. The summed E-state index contributed by atoms with van der Waals surface area (Å²) in [5.41, 5.74) is 1.68. The van der Waals surface area contributed by atoms with Crippen molar-refractivity contribution in [2.24, 2.45) is 5.41 Å². The van der Waals surface area contributed by atoms with E-state index in [-0.39, 0.29) is 22.4 Å². The number of likely N-dealkylation sites (tertiary alicyclic amines) is 1. The molecule has 0 radical (unpaired) electrons. The molecule has 25 heavy (non-hydrogen) atoms. The van der Waals surface area contributed by atoms with E-state index in [1.807, 2.05) is 24.3 Å². The topological polar surface area (TPSA) is 62.4 Å². The van der Waals surface area contributed by atoms with Gasteiger partial charge in [0, 0.05) is 18.8 Å². The highest BCUT2D eigenvalue weighted by atomic mass is 16.5. The third-order valence-electron chi connectivity index (χ3n) is 4.95. The van der Waals surface area contributed by atoms with Crippen LogP contribution in [0.25, 0.3) is 11.3 Å². The van der Waals surface area contributed by atoms with Gasteiger partial charge in [-0.25, -0.2) is 0 Å². The fourth-order valence-electron chi connectivity index (χ4n) is 3.07. The first-order valence-corrected chi connectivity index (χ1v) is 8.57. The fraction of sp³-hybridized carbons (Fsp3) is 0.400. The minimum absolute atomic E-state index is 0.182. The number of nitrogens with zero attached hydrogens (tertiary/aromatic N) is 1. The second kappa shape index (κ2) is 6.75. The lowest BCUT2D eigenvalue weighted by Crippen LogP contribution is -2.42. The molecule has 1 aliphatic heterocycles. The molecule has 5 heteroatoms. The highest BCUT2D eigenvalue weighted by molar-refractivity contribution is 5.94. The van der Waals surface area contributed by atoms with E-state index in [1.54, 1.807) is 24.1 Å². The smallest absolute Gasteiger partial charge is 0.261 e. The highest BCUT2D eigenvalue weighted by Gasteiger charge is 2.29. The van der Waals surface area contributed by atoms with Gasteiger partial charge >= 0.3 is 0 Å². The molecular formula is C20H24N2O3. The van der Waals surface area contributed by atoms with Crippen molar-refractivity contribution in [3.05, 3.63) is 52.3 Å². The van der Waals surface area contributed by atoms with Crippen LogP contribution in [0, 0.1) is 5.41 Å². The molecule has 0 unspecified atom stereocenters. The maximum Gasteiger partial charge on any atom is 0.261 e. The fourth-order valence-corrected chi connectivity index (χ4v) is 3.07. The molecule has 1 saturated heterocycles. The second-order valence-corrected chi connectivity index (χ2v) is 7.30. The Morgan fingerprint density at radius 3 is 2.28 bits per heavy atom. The van der Waals surface area contributed by atoms with Crippen LogP contribution in [0.4, 0.5) is 0 Å². The summed E-state index contributed by atoms with van der Waals surface area (Å²) in [7, 11) is 1.61. The highest BCUT2D eigenvalue weighted by Crippen LogP contribution is 2.30. The average Bonchev–Trinajstić information content (AvgIpc) is 2.61. The van der Waals surface area contributed by atoms with Crippen molar-refractivity contribution in [2.75, 3.05) is 20.2 Å². The Bertz CT molecular complexity index is 812. The standard InChI is InChI=1S/C20H24N2O3/c1-20(2)10-12-22(13-11-20)19(24)16-8-9-17(21-18(16)23)14-4-6-15(25-3)7-5-14/h4-9H,10-13H2,1-3H3,(H,21,23). The van der Waals surface area contributed by atoms with Crippen LogP contribution in [0.1, 0.15) is 37.0 Å². The van der Waals surface area contributed by atoms with Crippen LogP contribution < -0.4 is 10.3 Å². The quantitative estimate of drug-likeness (QED) is 0.932. The Labute approximate surface area is 147 Å². The van der Waals surface area contributed by atoms with Crippen molar-refractivity contribution in [3.8, 4) is 17.0 Å². The number of rotatable bonds is 3. The summed E-state index contributed by atoms with van der Waals surface area (Å²) in [6.07, 6.45) is 1.92. The molecular weight excluding hydrogens is 316 g/mol. The largest absolute Gasteiger partial charge is 0.497 e. The zero-order valence-corrected chi connectivity index (χ0v) is 15.0. The number of carbonyl (C=O) groups excluding carboxylic acids is 1. The van der Waals surface area contributed by atoms with E-state index in [9.17, 15) is 9.59 Å². The van der Waals surface area contributed by atoms with Crippen LogP contribution in [0.3, 0.4) is 0 Å². The lowest BCUT2D eigenvalue weighted by molar-refractivity contribution is 0.0628. The molecule has 1 aromatic carbocycles. The molecule has 5 nitrogen and oxygen atoms in total. The summed E-state index contributed by atoms with van der Waals surface area (Å²) in [6, 6.07) is 10.8. The molecule has 1 N–H and O–H groups in total. The molecule has 3 rings (SSSR count). The number of methoxy groups -OCH3 is 1. The van der Waals surface area contributed by atoms with Crippen molar-refractivity contribution in [3.63, 3.8) is 0 Å². The van der Waals surface area contributed by atoms with Gasteiger partial charge in [0.05, 0.1) is 7.11 Å². The number of aromatic amines is 1. The van der Waals surface area contributed by atoms with Gasteiger partial charge in [-0.15, -0.1) is 0 Å². The molecule has 0 atom stereocenters. The molecule has 0 aliphatic carbocycles. The number of nitrogens with one attached hydrogen (secondary N) is 1. The van der Waals surface area contributed by atoms with E-state index >= 15 is 0 Å². The first-order valence-electron chi connectivity index (χ1n) is 8.57. The SMILES string of the molecule is COc1ccc(-c2ccc(C(=O)N3CCC(C)(C)CC3)c(=O)[nH]2)cc1. The number of pyridine rings is 1. The van der Waals surface area contributed by atoms with Gasteiger partial charge in [-0.05, 0) is 60.2 Å². The number of piperidine rings is 1. The van der Waals surface area contributed by atoms with Crippen LogP contribution in [0.2, 0.25) is 0 Å². The average molecular weight is 340 g/mol. The van der Waals surface area contributed by atoms with Crippen LogP contribution >= 0.6 is 0 Å². The molecule has 2 heterocycles. The summed E-state index contributed by atoms with van der Waals surface area (Å²) in [4.78, 5) is 29.7. The Kier molecular flexibility index (Phi) is 4.66. The Morgan fingerprint density at radius 1 is 1.08 bits per heavy atom. The van der Waals surface area contributed by atoms with Crippen molar-refractivity contribution in [1.29, 1.82) is 0 Å². The number of carbonyl (C=O) groups is 1. The number of H-pyrrole nitrogens is 1. The summed E-state index contributed by atoms with van der Waals surface area (Å²) >= 11 is 0. The van der Waals surface area contributed by atoms with Gasteiger partial charge in [-0.2, -0.15) is 0 Å². The van der Waals surface area contributed by atoms with Crippen molar-refractivity contribution in [1.82, 2.24) is 9.88 Å². The van der Waals surface area contributed by atoms with Crippen LogP contribution in [0.5, 0.6) is 5.75 Å². The Balaban J connectivity index is 1.80. The second-order valence-electron chi connectivity index (χ2n) is 7.30. The zero-order chi connectivity index (χ0) is 18.0. The maximum atomic E-state index is 12.7. The van der Waals surface area contributed by atoms with Crippen molar-refractivity contribution < 1.29 is 9.53 Å². The first-order chi connectivity index (χ1) is 11.9. The van der Waals surface area contributed by atoms with Gasteiger partial charge < -0.3 is 14.6 Å². The van der Waals surface area contributed by atoms with Gasteiger partial charge in [0.2, 0.25) is 0 Å². The normalized spacial score (nSPS) is 16.5. The number of amides is 1. The monoisotopic (exact) mass is 340 g/mol. The molecule has 0 bridgehead atoms. The minimum Gasteiger partial charge on any atom is -0.497 e. The summed E-state index contributed by atoms with van der Waals surface area (Å²) in [6.45, 7) is 5.83. The lowest BCUT2D eigenvalue weighted by atomic mass is 9.82. The maximum absolute atomic E-state index is 12.7. The molecule has 132 valence electrons. The molecule has 1 aromatic heterocycles. The van der Waals surface area contributed by atoms with E-state index in [4.69, 9.17) is 4.74 Å². The third-order valence-corrected chi connectivity index (χ3v) is 4.95. The zero-order valence-electron chi connectivity index (χ0n) is 15.0. The summed E-state index contributed by atoms with van der Waals surface area (Å²) < 4.78 is 5.14. The molecule has 1 aliphatic rings. The molecule has 1 fully saturated rings. The third kappa shape index (κ3) is 3.76. The summed E-state index contributed by atoms with van der Waals surface area (Å²) in [5, 5.41) is 0. The lowest BCUT2D eigenvalue weighted by Gasteiger charge is -2.36. The van der Waals surface area contributed by atoms with Crippen molar-refractivity contribution in [2.45, 2.75) is 26.7 Å². The minimum atomic E-state index is -0.344. The van der Waals surface area contributed by atoms with Crippen LogP contribution in [0.15, 0.2) is 41.2 Å². The van der Waals surface area contributed by atoms with Gasteiger partial charge in [-0.3, -0.25) is 9.59 Å². The number of aromatic nitrogens is 1. The predicted octanol–water partition coefficient (Wildman–Crippen LogP) is 3.31. The molecule has 0 saturated carbocycles. The Hall–Kier alpha value is -2.56. The van der Waals surface area contributed by atoms with Crippen molar-refractivity contribution >= 4 is 5.91 Å². The summed E-state index contributed by atoms with van der Waals surface area (Å²) in [5.74, 6) is 0.573. The van der Waals surface area contributed by atoms with Crippen LogP contribution in [-0.2, 0) is 0 Å². The van der Waals surface area contributed by atoms with Gasteiger partial charge in [0.1, 0.15) is 11.3 Å². The molecule has 0 spiro atoms. The number of benzene rings is 1. The first kappa shape index (κ1) is 17.3. The van der Waals surface area contributed by atoms with Gasteiger partial charge in [0.15, 0.2) is 0 Å². The van der Waals surface area contributed by atoms with E-state index in [2.05, 4.69) is 18.8 Å². The van der Waals surface area contributed by atoms with E-state index in [1.165, 1.54) is 0 Å². The number of hydrogen-bond donors (Lipinski definition) is 1. The molecule has 1 amide bonds. The predicted molar refractivity (Wildman–Crippen MR) is 98.0 cm³/mol. The van der Waals surface area contributed by atoms with E-state index in [0.29, 0.717) is 18.8 Å². The number of hydrogen-bond acceptors (Lipinski definition) is 3. The van der Waals surface area contributed by atoms with E-state index < -0.39 is 0 Å². The Morgan fingerprint density at radius 2 is 1.72 bits per heavy atom. The van der Waals surface area contributed by atoms with Gasteiger partial charge in [-0.1, -0.05) is 13.8 Å².